The summed E-state index contributed by atoms with van der Waals surface area (Å²) in [5.74, 6) is -1.73. The molecule has 0 unspecified atom stereocenters. The Hall–Kier alpha value is -1.26. The van der Waals surface area contributed by atoms with Crippen molar-refractivity contribution < 1.29 is 20.1 Å². The first-order valence-electron chi connectivity index (χ1n) is 3.77. The molecule has 0 atom stereocenters. The molecule has 1 aromatic rings. The van der Waals surface area contributed by atoms with Gasteiger partial charge in [0.15, 0.2) is 17.3 Å². The molecule has 1 rings (SSSR count). The fourth-order valence-corrected chi connectivity index (χ4v) is 0.972. The summed E-state index contributed by atoms with van der Waals surface area (Å²) in [7, 11) is 1.39. The van der Waals surface area contributed by atoms with E-state index < -0.39 is 5.79 Å². The normalized spacial score (nSPS) is 11.4. The number of benzene rings is 1. The van der Waals surface area contributed by atoms with Crippen molar-refractivity contribution >= 4 is 0 Å². The van der Waals surface area contributed by atoms with Gasteiger partial charge in [-0.2, -0.15) is 0 Å². The molecule has 3 N–H and O–H groups in total. The lowest BCUT2D eigenvalue weighted by Gasteiger charge is -2.17. The first-order valence-corrected chi connectivity index (χ1v) is 3.77. The summed E-state index contributed by atoms with van der Waals surface area (Å²) in [5, 5.41) is 27.6. The highest BCUT2D eigenvalue weighted by Gasteiger charge is 2.19. The highest BCUT2D eigenvalue weighted by atomic mass is 16.5. The van der Waals surface area contributed by atoms with Crippen LogP contribution in [-0.4, -0.2) is 22.4 Å². The standard InChI is InChI=1S/C9H12O4/c1-9(11,12)6-3-4-7(10)8(5-6)13-2/h3-5,10-12H,1-2H3. The molecule has 0 amide bonds. The van der Waals surface area contributed by atoms with Gasteiger partial charge in [-0.05, 0) is 25.1 Å². The third-order valence-corrected chi connectivity index (χ3v) is 1.73. The van der Waals surface area contributed by atoms with Crippen molar-refractivity contribution in [1.29, 1.82) is 0 Å². The Morgan fingerprint density at radius 2 is 1.92 bits per heavy atom. The molecule has 0 fully saturated rings. The predicted octanol–water partition coefficient (Wildman–Crippen LogP) is 0.558. The van der Waals surface area contributed by atoms with Gasteiger partial charge in [0.05, 0.1) is 7.11 Å². The maximum atomic E-state index is 9.22. The van der Waals surface area contributed by atoms with Crippen LogP contribution in [-0.2, 0) is 5.79 Å². The van der Waals surface area contributed by atoms with E-state index in [2.05, 4.69) is 0 Å². The Morgan fingerprint density at radius 3 is 2.38 bits per heavy atom. The van der Waals surface area contributed by atoms with Gasteiger partial charge in [-0.25, -0.2) is 0 Å². The summed E-state index contributed by atoms with van der Waals surface area (Å²) in [4.78, 5) is 0. The van der Waals surface area contributed by atoms with Crippen LogP contribution in [0.15, 0.2) is 18.2 Å². The Morgan fingerprint density at radius 1 is 1.31 bits per heavy atom. The van der Waals surface area contributed by atoms with E-state index in [1.54, 1.807) is 0 Å². The van der Waals surface area contributed by atoms with Crippen LogP contribution in [0.5, 0.6) is 11.5 Å². The van der Waals surface area contributed by atoms with Crippen LogP contribution < -0.4 is 4.74 Å². The molecule has 72 valence electrons. The molecule has 0 saturated carbocycles. The van der Waals surface area contributed by atoms with Gasteiger partial charge >= 0.3 is 0 Å². The van der Waals surface area contributed by atoms with Gasteiger partial charge < -0.3 is 20.1 Å². The zero-order valence-corrected chi connectivity index (χ0v) is 7.48. The smallest absolute Gasteiger partial charge is 0.186 e. The monoisotopic (exact) mass is 184 g/mol. The second-order valence-corrected chi connectivity index (χ2v) is 2.91. The van der Waals surface area contributed by atoms with E-state index in [0.29, 0.717) is 0 Å². The zero-order valence-electron chi connectivity index (χ0n) is 7.48. The Kier molecular flexibility index (Phi) is 2.45. The molecular formula is C9H12O4. The molecule has 4 nitrogen and oxygen atoms in total. The van der Waals surface area contributed by atoms with Crippen molar-refractivity contribution in [2.45, 2.75) is 12.7 Å². The predicted molar refractivity (Wildman–Crippen MR) is 46.4 cm³/mol. The number of aliphatic hydroxyl groups is 2. The molecule has 0 aliphatic carbocycles. The second-order valence-electron chi connectivity index (χ2n) is 2.91. The van der Waals surface area contributed by atoms with E-state index in [-0.39, 0.29) is 17.1 Å². The van der Waals surface area contributed by atoms with E-state index in [0.717, 1.165) is 0 Å². The molecule has 1 aromatic carbocycles. The van der Waals surface area contributed by atoms with Crippen molar-refractivity contribution in [1.82, 2.24) is 0 Å². The minimum absolute atomic E-state index is 0.0319. The molecule has 0 radical (unpaired) electrons. The molecular weight excluding hydrogens is 172 g/mol. The van der Waals surface area contributed by atoms with Gasteiger partial charge in [0.1, 0.15) is 0 Å². The molecule has 4 heteroatoms. The number of hydrogen-bond donors (Lipinski definition) is 3. The van der Waals surface area contributed by atoms with Crippen LogP contribution in [0.2, 0.25) is 0 Å². The number of ether oxygens (including phenoxy) is 1. The van der Waals surface area contributed by atoms with Crippen LogP contribution in [0, 0.1) is 0 Å². The lowest BCUT2D eigenvalue weighted by Crippen LogP contribution is -2.19. The van der Waals surface area contributed by atoms with E-state index in [1.165, 1.54) is 32.2 Å². The van der Waals surface area contributed by atoms with Gasteiger partial charge in [-0.1, -0.05) is 0 Å². The topological polar surface area (TPSA) is 69.9 Å². The molecule has 0 spiro atoms. The molecule has 13 heavy (non-hydrogen) atoms. The summed E-state index contributed by atoms with van der Waals surface area (Å²) in [5.41, 5.74) is 0.266. The number of aromatic hydroxyl groups is 1. The maximum Gasteiger partial charge on any atom is 0.186 e. The minimum Gasteiger partial charge on any atom is -0.504 e. The van der Waals surface area contributed by atoms with E-state index in [1.807, 2.05) is 0 Å². The van der Waals surface area contributed by atoms with Crippen molar-refractivity contribution in [3.63, 3.8) is 0 Å². The van der Waals surface area contributed by atoms with E-state index >= 15 is 0 Å². The molecule has 0 aromatic heterocycles. The van der Waals surface area contributed by atoms with Crippen molar-refractivity contribution in [3.8, 4) is 11.5 Å². The largest absolute Gasteiger partial charge is 0.504 e. The minimum atomic E-state index is -1.92. The van der Waals surface area contributed by atoms with Crippen LogP contribution in [0.25, 0.3) is 0 Å². The summed E-state index contributed by atoms with van der Waals surface area (Å²) in [6.07, 6.45) is 0. The van der Waals surface area contributed by atoms with Crippen LogP contribution >= 0.6 is 0 Å². The fourth-order valence-electron chi connectivity index (χ4n) is 0.972. The second kappa shape index (κ2) is 3.24. The fraction of sp³-hybridized carbons (Fsp3) is 0.333. The number of phenols is 1. The van der Waals surface area contributed by atoms with Crippen molar-refractivity contribution in [2.24, 2.45) is 0 Å². The molecule has 0 aliphatic heterocycles. The first-order chi connectivity index (χ1) is 5.95. The molecule has 0 bridgehead atoms. The summed E-state index contributed by atoms with van der Waals surface area (Å²) < 4.78 is 4.81. The number of methoxy groups -OCH3 is 1. The van der Waals surface area contributed by atoms with Crippen LogP contribution in [0.1, 0.15) is 12.5 Å². The third kappa shape index (κ3) is 2.11. The Bertz CT molecular complexity index is 301. The van der Waals surface area contributed by atoms with Crippen molar-refractivity contribution in [2.75, 3.05) is 7.11 Å². The SMILES string of the molecule is COc1cc(C(C)(O)O)ccc1O. The van der Waals surface area contributed by atoms with Crippen LogP contribution in [0.3, 0.4) is 0 Å². The van der Waals surface area contributed by atoms with Gasteiger partial charge in [0.2, 0.25) is 0 Å². The number of hydrogen-bond acceptors (Lipinski definition) is 4. The summed E-state index contributed by atoms with van der Waals surface area (Å²) in [6.45, 7) is 1.23. The highest BCUT2D eigenvalue weighted by Crippen LogP contribution is 2.29. The Labute approximate surface area is 76.0 Å². The Balaban J connectivity index is 3.14. The quantitative estimate of drug-likeness (QED) is 0.587. The zero-order chi connectivity index (χ0) is 10.1. The van der Waals surface area contributed by atoms with Crippen LogP contribution in [0.4, 0.5) is 0 Å². The third-order valence-electron chi connectivity index (χ3n) is 1.73. The first kappa shape index (κ1) is 9.83. The lowest BCUT2D eigenvalue weighted by molar-refractivity contribution is -0.152. The maximum absolute atomic E-state index is 9.22. The average molecular weight is 184 g/mol. The molecule has 0 heterocycles. The molecule has 0 saturated heterocycles. The van der Waals surface area contributed by atoms with E-state index in [9.17, 15) is 15.3 Å². The number of rotatable bonds is 2. The molecule has 0 aliphatic rings. The van der Waals surface area contributed by atoms with Gasteiger partial charge in [0, 0.05) is 5.56 Å². The average Bonchev–Trinajstić information content (AvgIpc) is 2.03. The van der Waals surface area contributed by atoms with Gasteiger partial charge in [0.25, 0.3) is 0 Å². The lowest BCUT2D eigenvalue weighted by atomic mass is 10.1. The number of phenolic OH excluding ortho intramolecular Hbond substituents is 1. The van der Waals surface area contributed by atoms with Gasteiger partial charge in [-0.3, -0.25) is 0 Å². The highest BCUT2D eigenvalue weighted by molar-refractivity contribution is 5.42. The summed E-state index contributed by atoms with van der Waals surface area (Å²) >= 11 is 0. The van der Waals surface area contributed by atoms with Gasteiger partial charge in [-0.15, -0.1) is 0 Å². The van der Waals surface area contributed by atoms with Crippen molar-refractivity contribution in [3.05, 3.63) is 23.8 Å². The van der Waals surface area contributed by atoms with E-state index in [4.69, 9.17) is 4.74 Å². The summed E-state index contributed by atoms with van der Waals surface area (Å²) in [6, 6.07) is 4.13.